The van der Waals surface area contributed by atoms with Gasteiger partial charge in [0.1, 0.15) is 11.3 Å². The van der Waals surface area contributed by atoms with E-state index in [9.17, 15) is 4.79 Å². The predicted octanol–water partition coefficient (Wildman–Crippen LogP) is 4.53. The van der Waals surface area contributed by atoms with Crippen LogP contribution in [0.15, 0.2) is 47.4 Å². The smallest absolute Gasteiger partial charge is 0.253 e. The molecule has 1 aliphatic rings. The molecular formula is C24H28N6OS. The maximum absolute atomic E-state index is 13.1. The van der Waals surface area contributed by atoms with Gasteiger partial charge >= 0.3 is 0 Å². The summed E-state index contributed by atoms with van der Waals surface area (Å²) in [5.41, 5.74) is 3.79. The number of carbonyl (C=O) groups excluding carboxylic acids is 1. The van der Waals surface area contributed by atoms with Crippen molar-refractivity contribution in [2.75, 3.05) is 13.1 Å². The molecular weight excluding hydrogens is 420 g/mol. The number of hydrogen-bond acceptors (Lipinski definition) is 5. The fourth-order valence-corrected chi connectivity index (χ4v) is 5.24. The van der Waals surface area contributed by atoms with E-state index >= 15 is 0 Å². The van der Waals surface area contributed by atoms with E-state index in [1.54, 1.807) is 11.3 Å². The number of fused-ring (bicyclic) bond motifs is 1. The van der Waals surface area contributed by atoms with Crippen molar-refractivity contribution < 1.29 is 4.79 Å². The summed E-state index contributed by atoms with van der Waals surface area (Å²) >= 11 is 1.74. The van der Waals surface area contributed by atoms with Crippen molar-refractivity contribution in [2.45, 2.75) is 51.6 Å². The van der Waals surface area contributed by atoms with Crippen molar-refractivity contribution in [1.82, 2.24) is 29.4 Å². The van der Waals surface area contributed by atoms with Crippen LogP contribution in [-0.2, 0) is 13.0 Å². The van der Waals surface area contributed by atoms with Gasteiger partial charge < -0.3 is 9.47 Å². The Morgan fingerprint density at radius 1 is 1.22 bits per heavy atom. The molecule has 166 valence electrons. The number of thiophene rings is 1. The van der Waals surface area contributed by atoms with Crippen molar-refractivity contribution in [3.63, 3.8) is 0 Å². The molecule has 1 fully saturated rings. The van der Waals surface area contributed by atoms with Crippen molar-refractivity contribution in [1.29, 1.82) is 0 Å². The summed E-state index contributed by atoms with van der Waals surface area (Å²) in [4.78, 5) is 19.8. The molecule has 0 N–H and O–H groups in total. The summed E-state index contributed by atoms with van der Waals surface area (Å²) in [6, 6.07) is 8.15. The summed E-state index contributed by atoms with van der Waals surface area (Å²) in [5.74, 6) is 1.62. The van der Waals surface area contributed by atoms with Crippen LogP contribution in [0.3, 0.4) is 0 Å². The number of hydrogen-bond donors (Lipinski definition) is 0. The Morgan fingerprint density at radius 3 is 2.81 bits per heavy atom. The number of aryl methyl sites for hydroxylation is 2. The third kappa shape index (κ3) is 4.07. The molecule has 0 saturated carbocycles. The zero-order valence-corrected chi connectivity index (χ0v) is 19.3. The fraction of sp³-hybridized carbons (Fsp3) is 0.417. The van der Waals surface area contributed by atoms with Crippen molar-refractivity contribution in [3.8, 4) is 0 Å². The van der Waals surface area contributed by atoms with Crippen molar-refractivity contribution in [2.24, 2.45) is 0 Å². The minimum Gasteiger partial charge on any atom is -0.339 e. The molecule has 0 aliphatic carbocycles. The Hall–Kier alpha value is -3.00. The zero-order chi connectivity index (χ0) is 22.1. The van der Waals surface area contributed by atoms with E-state index in [4.69, 9.17) is 0 Å². The lowest BCUT2D eigenvalue weighted by molar-refractivity contribution is 0.0710. The van der Waals surface area contributed by atoms with Crippen LogP contribution in [-0.4, -0.2) is 48.4 Å². The number of carbonyl (C=O) groups is 1. The van der Waals surface area contributed by atoms with Crippen LogP contribution in [0.5, 0.6) is 0 Å². The Kier molecular flexibility index (Phi) is 5.78. The highest BCUT2D eigenvalue weighted by atomic mass is 32.1. The molecule has 1 aliphatic heterocycles. The van der Waals surface area contributed by atoms with Crippen LogP contribution < -0.4 is 0 Å². The second-order valence-electron chi connectivity index (χ2n) is 8.76. The SMILES string of the molecule is CC(C)n1nnc2cc(C(=O)N3CCC(c4nccn4CCc4ccsc4)CC3)ccc21. The molecule has 7 nitrogen and oxygen atoms in total. The second-order valence-corrected chi connectivity index (χ2v) is 9.54. The number of piperidine rings is 1. The van der Waals surface area contributed by atoms with Crippen molar-refractivity contribution >= 4 is 28.3 Å². The van der Waals surface area contributed by atoms with Crippen LogP contribution in [0.1, 0.15) is 60.4 Å². The van der Waals surface area contributed by atoms with E-state index in [0.29, 0.717) is 11.5 Å². The van der Waals surface area contributed by atoms with Crippen LogP contribution in [0, 0.1) is 0 Å². The molecule has 3 aromatic heterocycles. The van der Waals surface area contributed by atoms with Gasteiger partial charge in [-0.15, -0.1) is 5.10 Å². The molecule has 0 atom stereocenters. The van der Waals surface area contributed by atoms with Gasteiger partial charge in [-0.25, -0.2) is 9.67 Å². The van der Waals surface area contributed by atoms with Gasteiger partial charge in [-0.1, -0.05) is 5.21 Å². The highest BCUT2D eigenvalue weighted by Crippen LogP contribution is 2.28. The topological polar surface area (TPSA) is 68.8 Å². The maximum Gasteiger partial charge on any atom is 0.253 e. The number of benzene rings is 1. The standard InChI is InChI=1S/C24H28N6OS/c1-17(2)30-22-4-3-20(15-21(22)26-27-30)24(31)29-11-6-19(7-12-29)23-25-9-13-28(23)10-5-18-8-14-32-16-18/h3-4,8-9,13-17,19H,5-7,10-12H2,1-2H3. The summed E-state index contributed by atoms with van der Waals surface area (Å²) < 4.78 is 4.17. The lowest BCUT2D eigenvalue weighted by atomic mass is 9.95. The van der Waals surface area contributed by atoms with Gasteiger partial charge in [0.25, 0.3) is 5.91 Å². The molecule has 5 rings (SSSR count). The molecule has 0 bridgehead atoms. The van der Waals surface area contributed by atoms with E-state index in [1.807, 2.05) is 34.0 Å². The average Bonchev–Trinajstić information content (AvgIpc) is 3.57. The Bertz CT molecular complexity index is 1200. The summed E-state index contributed by atoms with van der Waals surface area (Å²) in [7, 11) is 0. The van der Waals surface area contributed by atoms with E-state index in [-0.39, 0.29) is 11.9 Å². The van der Waals surface area contributed by atoms with Crippen LogP contribution in [0.4, 0.5) is 0 Å². The molecule has 1 aromatic carbocycles. The van der Waals surface area contributed by atoms with E-state index in [1.165, 1.54) is 5.56 Å². The summed E-state index contributed by atoms with van der Waals surface area (Å²) in [6.07, 6.45) is 6.88. The third-order valence-corrected chi connectivity index (χ3v) is 7.06. The zero-order valence-electron chi connectivity index (χ0n) is 18.5. The number of rotatable bonds is 6. The molecule has 4 aromatic rings. The average molecular weight is 449 g/mol. The first-order valence-corrected chi connectivity index (χ1v) is 12.2. The van der Waals surface area contributed by atoms with Gasteiger partial charge in [-0.2, -0.15) is 11.3 Å². The normalized spacial score (nSPS) is 15.2. The van der Waals surface area contributed by atoms with Crippen LogP contribution >= 0.6 is 11.3 Å². The molecule has 1 amide bonds. The number of nitrogens with zero attached hydrogens (tertiary/aromatic N) is 6. The molecule has 0 spiro atoms. The maximum atomic E-state index is 13.1. The van der Waals surface area contributed by atoms with Crippen LogP contribution in [0.25, 0.3) is 11.0 Å². The highest BCUT2D eigenvalue weighted by molar-refractivity contribution is 7.07. The molecule has 4 heterocycles. The fourth-order valence-electron chi connectivity index (χ4n) is 4.53. The van der Waals surface area contributed by atoms with E-state index < -0.39 is 0 Å². The Labute approximate surface area is 191 Å². The van der Waals surface area contributed by atoms with Crippen molar-refractivity contribution in [3.05, 3.63) is 64.4 Å². The summed E-state index contributed by atoms with van der Waals surface area (Å²) in [5, 5.41) is 12.8. The van der Waals surface area contributed by atoms with Gasteiger partial charge in [0.05, 0.1) is 5.52 Å². The van der Waals surface area contributed by atoms with Gasteiger partial charge in [-0.05, 0) is 73.7 Å². The van der Waals surface area contributed by atoms with Gasteiger partial charge in [0.2, 0.25) is 0 Å². The van der Waals surface area contributed by atoms with E-state index in [0.717, 1.165) is 55.8 Å². The first kappa shape index (κ1) is 20.9. The Balaban J connectivity index is 1.23. The number of amides is 1. The first-order valence-electron chi connectivity index (χ1n) is 11.3. The lowest BCUT2D eigenvalue weighted by Crippen LogP contribution is -2.38. The molecule has 0 unspecified atom stereocenters. The van der Waals surface area contributed by atoms with Gasteiger partial charge in [0, 0.05) is 49.6 Å². The van der Waals surface area contributed by atoms with Gasteiger partial charge in [-0.3, -0.25) is 4.79 Å². The minimum absolute atomic E-state index is 0.0743. The van der Waals surface area contributed by atoms with E-state index in [2.05, 4.69) is 56.7 Å². The molecule has 0 radical (unpaired) electrons. The predicted molar refractivity (Wildman–Crippen MR) is 126 cm³/mol. The highest BCUT2D eigenvalue weighted by Gasteiger charge is 2.27. The largest absolute Gasteiger partial charge is 0.339 e. The van der Waals surface area contributed by atoms with Crippen LogP contribution in [0.2, 0.25) is 0 Å². The first-order chi connectivity index (χ1) is 15.6. The third-order valence-electron chi connectivity index (χ3n) is 6.32. The monoisotopic (exact) mass is 448 g/mol. The minimum atomic E-state index is 0.0743. The quantitative estimate of drug-likeness (QED) is 0.434. The molecule has 32 heavy (non-hydrogen) atoms. The second kappa shape index (κ2) is 8.86. The Morgan fingerprint density at radius 2 is 2.06 bits per heavy atom. The lowest BCUT2D eigenvalue weighted by Gasteiger charge is -2.32. The number of likely N-dealkylation sites (tertiary alicyclic amines) is 1. The molecule has 1 saturated heterocycles. The number of aromatic nitrogens is 5. The number of imidazole rings is 1. The molecule has 8 heteroatoms. The van der Waals surface area contributed by atoms with Gasteiger partial charge in [0.15, 0.2) is 0 Å². The summed E-state index contributed by atoms with van der Waals surface area (Å²) in [6.45, 7) is 6.59.